The van der Waals surface area contributed by atoms with E-state index in [0.29, 0.717) is 18.8 Å². The van der Waals surface area contributed by atoms with Gasteiger partial charge in [-0.3, -0.25) is 29.3 Å². The van der Waals surface area contributed by atoms with Gasteiger partial charge >= 0.3 is 6.09 Å². The zero-order valence-corrected chi connectivity index (χ0v) is 27.1. The van der Waals surface area contributed by atoms with Gasteiger partial charge in [-0.2, -0.15) is 0 Å². The van der Waals surface area contributed by atoms with Gasteiger partial charge in [0.05, 0.1) is 11.0 Å². The number of carbonyl (C=O) groups is 5. The van der Waals surface area contributed by atoms with Crippen LogP contribution in [0.3, 0.4) is 0 Å². The minimum absolute atomic E-state index is 0.0125. The van der Waals surface area contributed by atoms with Gasteiger partial charge in [-0.05, 0) is 64.0 Å². The summed E-state index contributed by atoms with van der Waals surface area (Å²) < 4.78 is 5.30. The number of non-ortho nitro benzene ring substituents is 1. The van der Waals surface area contributed by atoms with E-state index in [0.717, 1.165) is 25.7 Å². The van der Waals surface area contributed by atoms with E-state index in [4.69, 9.17) is 4.74 Å². The zero-order valence-electron chi connectivity index (χ0n) is 26.0. The summed E-state index contributed by atoms with van der Waals surface area (Å²) in [7, 11) is 2.00. The van der Waals surface area contributed by atoms with E-state index in [1.165, 1.54) is 29.2 Å². The number of nitro benzene ring substituents is 1. The summed E-state index contributed by atoms with van der Waals surface area (Å²) in [4.78, 5) is 77.7. The summed E-state index contributed by atoms with van der Waals surface area (Å²) in [6, 6.07) is 1.95. The van der Waals surface area contributed by atoms with E-state index in [-0.39, 0.29) is 29.8 Å². The number of amides is 4. The van der Waals surface area contributed by atoms with Crippen LogP contribution in [0, 0.1) is 33.3 Å². The molecule has 1 aromatic rings. The number of ketones is 1. The highest BCUT2D eigenvalue weighted by Crippen LogP contribution is 2.33. The van der Waals surface area contributed by atoms with Crippen LogP contribution in [0.25, 0.3) is 0 Å². The molecule has 2 unspecified atom stereocenters. The molecule has 0 radical (unpaired) electrons. The van der Waals surface area contributed by atoms with Gasteiger partial charge in [0, 0.05) is 18.7 Å². The van der Waals surface area contributed by atoms with E-state index >= 15 is 0 Å². The second-order valence-electron chi connectivity index (χ2n) is 13.3. The number of Topliss-reactive ketones (excluding diaryl/α,β-unsaturated/α-hetero) is 1. The van der Waals surface area contributed by atoms with Crippen molar-refractivity contribution in [2.45, 2.75) is 91.3 Å². The average Bonchev–Trinajstić information content (AvgIpc) is 3.34. The molecular weight excluding hydrogens is 589 g/mol. The van der Waals surface area contributed by atoms with Crippen LogP contribution in [0.5, 0.6) is 5.75 Å². The Morgan fingerprint density at radius 1 is 1.05 bits per heavy atom. The normalized spacial score (nSPS) is 19.8. The van der Waals surface area contributed by atoms with Crippen molar-refractivity contribution >= 4 is 44.7 Å². The third kappa shape index (κ3) is 9.20. The monoisotopic (exact) mass is 633 g/mol. The summed E-state index contributed by atoms with van der Waals surface area (Å²) in [6.45, 7) is 9.71. The van der Waals surface area contributed by atoms with Gasteiger partial charge in [0.1, 0.15) is 17.8 Å². The molecule has 5 atom stereocenters. The SMILES string of the molecule is CC(C)C[C@@H]1C[C@@H](C(=O)NC(CC2CCC2)C(=O)C(=O)NP)N(C(=O)[C@@H](NC(=O)Oc2ccc([N+](=O)[O-])cc2)C(C)(C)C)C1. The summed E-state index contributed by atoms with van der Waals surface area (Å²) in [5, 5.41) is 18.6. The molecule has 242 valence electrons. The third-order valence-electron chi connectivity index (χ3n) is 8.19. The van der Waals surface area contributed by atoms with Crippen molar-refractivity contribution in [1.29, 1.82) is 0 Å². The number of nitrogens with one attached hydrogen (secondary N) is 3. The van der Waals surface area contributed by atoms with E-state index in [1.54, 1.807) is 20.8 Å². The molecule has 1 aliphatic carbocycles. The number of hydrogen-bond donors (Lipinski definition) is 3. The Morgan fingerprint density at radius 2 is 1.68 bits per heavy atom. The molecule has 1 heterocycles. The molecule has 14 heteroatoms. The van der Waals surface area contributed by atoms with Crippen molar-refractivity contribution in [2.24, 2.45) is 23.2 Å². The van der Waals surface area contributed by atoms with Gasteiger partial charge in [-0.15, -0.1) is 0 Å². The largest absolute Gasteiger partial charge is 0.413 e. The molecule has 3 rings (SSSR count). The van der Waals surface area contributed by atoms with Gasteiger partial charge in [0.25, 0.3) is 11.6 Å². The van der Waals surface area contributed by atoms with Crippen molar-refractivity contribution in [2.75, 3.05) is 6.54 Å². The van der Waals surface area contributed by atoms with Crippen LogP contribution in [-0.4, -0.2) is 64.1 Å². The lowest BCUT2D eigenvalue weighted by Crippen LogP contribution is -2.59. The predicted octanol–water partition coefficient (Wildman–Crippen LogP) is 3.51. The van der Waals surface area contributed by atoms with Crippen LogP contribution < -0.4 is 20.5 Å². The molecule has 2 aliphatic rings. The Kier molecular flexibility index (Phi) is 11.8. The number of nitro groups is 1. The van der Waals surface area contributed by atoms with E-state index in [2.05, 4.69) is 29.6 Å². The molecule has 2 fully saturated rings. The molecule has 44 heavy (non-hydrogen) atoms. The molecule has 4 amide bonds. The highest BCUT2D eigenvalue weighted by Gasteiger charge is 2.46. The first kappa shape index (κ1) is 34.9. The van der Waals surface area contributed by atoms with Gasteiger partial charge in [-0.1, -0.05) is 53.9 Å². The van der Waals surface area contributed by atoms with Crippen molar-refractivity contribution in [3.63, 3.8) is 0 Å². The molecule has 13 nitrogen and oxygen atoms in total. The lowest BCUT2D eigenvalue weighted by molar-refractivity contribution is -0.384. The second kappa shape index (κ2) is 14.9. The van der Waals surface area contributed by atoms with Crippen molar-refractivity contribution in [3.05, 3.63) is 34.4 Å². The summed E-state index contributed by atoms with van der Waals surface area (Å²) >= 11 is 0. The van der Waals surface area contributed by atoms with E-state index < -0.39 is 58.1 Å². The molecule has 0 spiro atoms. The van der Waals surface area contributed by atoms with Crippen LogP contribution in [0.4, 0.5) is 10.5 Å². The Hall–Kier alpha value is -3.60. The Morgan fingerprint density at radius 3 is 2.18 bits per heavy atom. The lowest BCUT2D eigenvalue weighted by Gasteiger charge is -2.35. The molecule has 3 N–H and O–H groups in total. The lowest BCUT2D eigenvalue weighted by atomic mass is 9.80. The predicted molar refractivity (Wildman–Crippen MR) is 165 cm³/mol. The molecule has 1 aliphatic heterocycles. The van der Waals surface area contributed by atoms with Gasteiger partial charge in [0.2, 0.25) is 17.6 Å². The number of likely N-dealkylation sites (tertiary alicyclic amines) is 1. The summed E-state index contributed by atoms with van der Waals surface area (Å²) in [5.41, 5.74) is -0.955. The minimum Gasteiger partial charge on any atom is -0.410 e. The van der Waals surface area contributed by atoms with E-state index in [1.807, 2.05) is 9.39 Å². The molecule has 1 aromatic carbocycles. The van der Waals surface area contributed by atoms with Gasteiger partial charge in [-0.25, -0.2) is 4.79 Å². The Balaban J connectivity index is 1.82. The van der Waals surface area contributed by atoms with Gasteiger partial charge in [0.15, 0.2) is 0 Å². The number of carbonyl (C=O) groups excluding carboxylic acids is 5. The quantitative estimate of drug-likeness (QED) is 0.136. The maximum absolute atomic E-state index is 14.1. The van der Waals surface area contributed by atoms with Crippen molar-refractivity contribution in [1.82, 2.24) is 20.6 Å². The first-order valence-corrected chi connectivity index (χ1v) is 15.6. The molecule has 1 saturated heterocycles. The number of ether oxygens (including phenoxy) is 1. The van der Waals surface area contributed by atoms with Crippen LogP contribution >= 0.6 is 9.39 Å². The maximum atomic E-state index is 14.1. The second-order valence-corrected chi connectivity index (χ2v) is 13.5. The average molecular weight is 634 g/mol. The molecule has 1 saturated carbocycles. The maximum Gasteiger partial charge on any atom is 0.413 e. The standard InChI is InChI=1S/C30H44N5O8P/c1-17(2)13-19-15-23(26(37)31-22(14-18-7-6-8-18)24(36)27(38)33-44)34(16-19)28(39)25(30(3,4)5)32-29(40)43-21-11-9-20(10-12-21)35(41)42/h9-12,17-19,22-23,25H,6-8,13-16,44H2,1-5H3,(H,31,37)(H,32,40)(H,33,38)/t19-,22?,23+,25-/m1/s1. The highest BCUT2D eigenvalue weighted by molar-refractivity contribution is 7.15. The van der Waals surface area contributed by atoms with Crippen LogP contribution in [0.1, 0.15) is 73.1 Å². The summed E-state index contributed by atoms with van der Waals surface area (Å²) in [5.74, 6) is -1.94. The topological polar surface area (TPSA) is 177 Å². The number of hydrogen-bond acceptors (Lipinski definition) is 8. The number of benzene rings is 1. The van der Waals surface area contributed by atoms with Crippen LogP contribution in [-0.2, 0) is 19.2 Å². The fourth-order valence-electron chi connectivity index (χ4n) is 5.75. The van der Waals surface area contributed by atoms with Crippen LogP contribution in [0.2, 0.25) is 0 Å². The molecule has 0 aromatic heterocycles. The van der Waals surface area contributed by atoms with Crippen molar-refractivity contribution in [3.8, 4) is 5.75 Å². The highest BCUT2D eigenvalue weighted by atomic mass is 31.0. The summed E-state index contributed by atoms with van der Waals surface area (Å²) in [6.07, 6.45) is 3.43. The number of rotatable bonds is 12. The minimum atomic E-state index is -1.09. The Bertz CT molecular complexity index is 1240. The Labute approximate surface area is 260 Å². The van der Waals surface area contributed by atoms with Crippen molar-refractivity contribution < 1.29 is 33.6 Å². The van der Waals surface area contributed by atoms with Crippen LogP contribution in [0.15, 0.2) is 24.3 Å². The first-order valence-electron chi connectivity index (χ1n) is 15.0. The smallest absolute Gasteiger partial charge is 0.410 e. The zero-order chi connectivity index (χ0) is 32.8. The first-order chi connectivity index (χ1) is 20.6. The third-order valence-corrected chi connectivity index (χ3v) is 8.46. The van der Waals surface area contributed by atoms with E-state index in [9.17, 15) is 34.1 Å². The fourth-order valence-corrected chi connectivity index (χ4v) is 5.89. The fraction of sp³-hybridized carbons (Fsp3) is 0.633. The number of nitrogens with zero attached hydrogens (tertiary/aromatic N) is 2. The molecule has 0 bridgehead atoms. The van der Waals surface area contributed by atoms with Gasteiger partial charge < -0.3 is 25.4 Å². The molecular formula is C30H44N5O8P.